The van der Waals surface area contributed by atoms with Crippen LogP contribution in [0.3, 0.4) is 0 Å². The molecule has 2 N–H and O–H groups in total. The second-order valence-electron chi connectivity index (χ2n) is 5.23. The molecule has 0 fully saturated rings. The first kappa shape index (κ1) is 13.7. The van der Waals surface area contributed by atoms with Gasteiger partial charge >= 0.3 is 6.18 Å². The lowest BCUT2D eigenvalue weighted by Crippen LogP contribution is -2.28. The highest BCUT2D eigenvalue weighted by atomic mass is 19.4. The van der Waals surface area contributed by atoms with Crippen LogP contribution < -0.4 is 16.3 Å². The first-order valence-corrected chi connectivity index (χ1v) is 6.45. The summed E-state index contributed by atoms with van der Waals surface area (Å²) in [4.78, 5) is 4.53. The monoisotopic (exact) mass is 290 g/mol. The first-order valence-electron chi connectivity index (χ1n) is 6.45. The zero-order valence-corrected chi connectivity index (χ0v) is 11.3. The molecule has 0 bridgehead atoms. The predicted molar refractivity (Wildman–Crippen MR) is 74.9 cm³/mol. The van der Waals surface area contributed by atoms with E-state index in [0.717, 1.165) is 11.6 Å². The topological polar surface area (TPSA) is 38.4 Å². The summed E-state index contributed by atoms with van der Waals surface area (Å²) in [5.74, 6) is 0. The lowest BCUT2D eigenvalue weighted by molar-refractivity contribution is -0.136. The SMILES string of the molecule is CC1(c2ccccc2)C=c2c(N)c(C(F)(F)F)ccc2=N1. The normalized spacial score (nSPS) is 20.6. The molecule has 2 aromatic rings. The molecule has 0 aromatic heterocycles. The minimum absolute atomic E-state index is 0.261. The molecule has 1 unspecified atom stereocenters. The van der Waals surface area contributed by atoms with Crippen LogP contribution in [0.5, 0.6) is 0 Å². The number of hydrogen-bond donors (Lipinski definition) is 1. The van der Waals surface area contributed by atoms with Crippen LogP contribution in [0.25, 0.3) is 6.08 Å². The Morgan fingerprint density at radius 1 is 1.05 bits per heavy atom. The number of nitrogens with zero attached hydrogens (tertiary/aromatic N) is 1. The number of anilines is 1. The average Bonchev–Trinajstić information content (AvgIpc) is 2.78. The number of halogens is 3. The van der Waals surface area contributed by atoms with Gasteiger partial charge in [-0.2, -0.15) is 13.2 Å². The molecule has 21 heavy (non-hydrogen) atoms. The maximum atomic E-state index is 12.9. The minimum atomic E-state index is -4.46. The van der Waals surface area contributed by atoms with Crippen molar-refractivity contribution in [2.24, 2.45) is 4.99 Å². The molecule has 1 heterocycles. The first-order chi connectivity index (χ1) is 9.81. The van der Waals surface area contributed by atoms with Gasteiger partial charge in [0.15, 0.2) is 0 Å². The van der Waals surface area contributed by atoms with Gasteiger partial charge < -0.3 is 5.73 Å². The number of nitrogens with two attached hydrogens (primary N) is 1. The lowest BCUT2D eigenvalue weighted by atomic mass is 9.93. The summed E-state index contributed by atoms with van der Waals surface area (Å²) in [7, 11) is 0. The van der Waals surface area contributed by atoms with Crippen molar-refractivity contribution < 1.29 is 13.2 Å². The quantitative estimate of drug-likeness (QED) is 0.806. The summed E-state index contributed by atoms with van der Waals surface area (Å²) >= 11 is 0. The van der Waals surface area contributed by atoms with Crippen molar-refractivity contribution in [3.05, 3.63) is 64.2 Å². The smallest absolute Gasteiger partial charge is 0.398 e. The highest BCUT2D eigenvalue weighted by Gasteiger charge is 2.35. The average molecular weight is 290 g/mol. The summed E-state index contributed by atoms with van der Waals surface area (Å²) in [6.07, 6.45) is -2.76. The summed E-state index contributed by atoms with van der Waals surface area (Å²) in [6.45, 7) is 1.86. The van der Waals surface area contributed by atoms with Gasteiger partial charge in [-0.15, -0.1) is 0 Å². The Hall–Kier alpha value is -2.30. The van der Waals surface area contributed by atoms with Crippen molar-refractivity contribution >= 4 is 11.8 Å². The Bertz CT molecular complexity index is 810. The van der Waals surface area contributed by atoms with E-state index in [1.54, 1.807) is 6.08 Å². The van der Waals surface area contributed by atoms with Crippen LogP contribution in [0.1, 0.15) is 18.1 Å². The van der Waals surface area contributed by atoms with Crippen LogP contribution in [0.4, 0.5) is 18.9 Å². The Kier molecular flexibility index (Phi) is 2.83. The third-order valence-corrected chi connectivity index (χ3v) is 3.71. The Morgan fingerprint density at radius 2 is 1.71 bits per heavy atom. The van der Waals surface area contributed by atoms with Gasteiger partial charge in [0.1, 0.15) is 5.54 Å². The molecule has 1 atom stereocenters. The van der Waals surface area contributed by atoms with Crippen molar-refractivity contribution in [2.75, 3.05) is 5.73 Å². The second-order valence-corrected chi connectivity index (χ2v) is 5.23. The summed E-state index contributed by atoms with van der Waals surface area (Å²) in [5.41, 5.74) is 4.85. The Labute approximate surface area is 119 Å². The molecule has 5 heteroatoms. The van der Waals surface area contributed by atoms with Gasteiger partial charge in [-0.05, 0) is 30.7 Å². The van der Waals surface area contributed by atoms with Crippen molar-refractivity contribution in [3.8, 4) is 0 Å². The van der Waals surface area contributed by atoms with Crippen LogP contribution in [0, 0.1) is 0 Å². The summed E-state index contributed by atoms with van der Waals surface area (Å²) in [6, 6.07) is 11.8. The maximum Gasteiger partial charge on any atom is 0.418 e. The molecule has 2 aromatic carbocycles. The lowest BCUT2D eigenvalue weighted by Gasteiger charge is -2.18. The van der Waals surface area contributed by atoms with Crippen LogP contribution in [0.2, 0.25) is 0 Å². The number of alkyl halides is 3. The second kappa shape index (κ2) is 4.35. The zero-order valence-electron chi connectivity index (χ0n) is 11.3. The van der Waals surface area contributed by atoms with Crippen molar-refractivity contribution in [1.29, 1.82) is 0 Å². The zero-order chi connectivity index (χ0) is 15.3. The van der Waals surface area contributed by atoms with Gasteiger partial charge in [-0.3, -0.25) is 4.99 Å². The molecule has 0 saturated heterocycles. The van der Waals surface area contributed by atoms with E-state index >= 15 is 0 Å². The van der Waals surface area contributed by atoms with Crippen molar-refractivity contribution in [3.63, 3.8) is 0 Å². The molecule has 0 spiro atoms. The van der Waals surface area contributed by atoms with Crippen LogP contribution in [-0.4, -0.2) is 0 Å². The summed E-state index contributed by atoms with van der Waals surface area (Å²) in [5, 5.41) is 0.850. The van der Waals surface area contributed by atoms with Crippen LogP contribution in [-0.2, 0) is 11.7 Å². The Balaban J connectivity index is 2.23. The minimum Gasteiger partial charge on any atom is -0.398 e. The standard InChI is InChI=1S/C16H13F3N2/c1-15(10-5-3-2-4-6-10)9-11-13(21-15)8-7-12(14(11)20)16(17,18)19/h2-9H,20H2,1H3. The van der Waals surface area contributed by atoms with Gasteiger partial charge in [0.25, 0.3) is 0 Å². The van der Waals surface area contributed by atoms with E-state index < -0.39 is 17.3 Å². The van der Waals surface area contributed by atoms with Gasteiger partial charge in [-0.25, -0.2) is 0 Å². The van der Waals surface area contributed by atoms with E-state index in [9.17, 15) is 13.2 Å². The fourth-order valence-corrected chi connectivity index (χ4v) is 2.61. The highest BCUT2D eigenvalue weighted by molar-refractivity contribution is 5.59. The molecule has 108 valence electrons. The predicted octanol–water partition coefficient (Wildman–Crippen LogP) is 2.62. The van der Waals surface area contributed by atoms with Gasteiger partial charge in [-0.1, -0.05) is 30.3 Å². The van der Waals surface area contributed by atoms with Crippen molar-refractivity contribution in [2.45, 2.75) is 18.6 Å². The molecular formula is C16H13F3N2. The number of nitrogen functional groups attached to an aromatic ring is 1. The molecule has 1 aliphatic heterocycles. The molecule has 0 aliphatic carbocycles. The number of benzene rings is 2. The van der Waals surface area contributed by atoms with Crippen LogP contribution >= 0.6 is 0 Å². The van der Waals surface area contributed by atoms with E-state index in [0.29, 0.717) is 10.6 Å². The molecule has 0 saturated carbocycles. The molecular weight excluding hydrogens is 277 g/mol. The number of hydrogen-bond acceptors (Lipinski definition) is 2. The molecule has 2 nitrogen and oxygen atoms in total. The van der Waals surface area contributed by atoms with Gasteiger partial charge in [0, 0.05) is 5.22 Å². The molecule has 0 radical (unpaired) electrons. The Morgan fingerprint density at radius 3 is 2.33 bits per heavy atom. The molecule has 3 rings (SSSR count). The van der Waals surface area contributed by atoms with Gasteiger partial charge in [0.05, 0.1) is 16.6 Å². The van der Waals surface area contributed by atoms with Crippen molar-refractivity contribution in [1.82, 2.24) is 0 Å². The van der Waals surface area contributed by atoms with E-state index in [2.05, 4.69) is 4.99 Å². The fraction of sp³-hybridized carbons (Fsp3) is 0.188. The van der Waals surface area contributed by atoms with Gasteiger partial charge in [0.2, 0.25) is 0 Å². The van der Waals surface area contributed by atoms with E-state index in [1.807, 2.05) is 37.3 Å². The molecule has 1 aliphatic rings. The number of fused-ring (bicyclic) bond motifs is 1. The molecule has 0 amide bonds. The largest absolute Gasteiger partial charge is 0.418 e. The maximum absolute atomic E-state index is 12.9. The van der Waals surface area contributed by atoms with E-state index in [-0.39, 0.29) is 5.69 Å². The third-order valence-electron chi connectivity index (χ3n) is 3.71. The fourth-order valence-electron chi connectivity index (χ4n) is 2.61. The van der Waals surface area contributed by atoms with Crippen LogP contribution in [0.15, 0.2) is 47.5 Å². The third kappa shape index (κ3) is 2.18. The highest BCUT2D eigenvalue weighted by Crippen LogP contribution is 2.33. The van der Waals surface area contributed by atoms with E-state index in [1.165, 1.54) is 6.07 Å². The van der Waals surface area contributed by atoms with E-state index in [4.69, 9.17) is 5.73 Å². The summed E-state index contributed by atoms with van der Waals surface area (Å²) < 4.78 is 38.7. The number of rotatable bonds is 1.